The molecule has 1 aromatic heterocycles. The van der Waals surface area contributed by atoms with Crippen LogP contribution < -0.4 is 25.3 Å². The summed E-state index contributed by atoms with van der Waals surface area (Å²) in [5.74, 6) is 2.44. The maximum absolute atomic E-state index is 5.91. The van der Waals surface area contributed by atoms with Gasteiger partial charge in [0.05, 0.1) is 27.0 Å². The van der Waals surface area contributed by atoms with Gasteiger partial charge in [0.1, 0.15) is 5.82 Å². The third-order valence-electron chi connectivity index (χ3n) is 5.69. The van der Waals surface area contributed by atoms with Crippen molar-refractivity contribution in [2.45, 2.75) is 13.0 Å². The number of anilines is 1. The number of nitrogens with zero attached hydrogens (tertiary/aromatic N) is 1. The quantitative estimate of drug-likeness (QED) is 0.360. The predicted molar refractivity (Wildman–Crippen MR) is 133 cm³/mol. The third-order valence-corrected chi connectivity index (χ3v) is 5.69. The van der Waals surface area contributed by atoms with Gasteiger partial charge < -0.3 is 25.3 Å². The van der Waals surface area contributed by atoms with Gasteiger partial charge in [0.25, 0.3) is 0 Å². The van der Waals surface area contributed by atoms with Crippen molar-refractivity contribution in [2.75, 3.05) is 33.6 Å². The summed E-state index contributed by atoms with van der Waals surface area (Å²) in [6.07, 6.45) is 0.898. The second kappa shape index (κ2) is 10.2. The van der Waals surface area contributed by atoms with Crippen molar-refractivity contribution in [1.82, 2.24) is 10.3 Å². The lowest BCUT2D eigenvalue weighted by molar-refractivity contribution is 0.323. The molecule has 0 aliphatic heterocycles. The van der Waals surface area contributed by atoms with E-state index in [4.69, 9.17) is 19.9 Å². The molecule has 0 aliphatic carbocycles. The molecular formula is C27H29N3O3. The van der Waals surface area contributed by atoms with Crippen molar-refractivity contribution < 1.29 is 14.2 Å². The Morgan fingerprint density at radius 3 is 2.21 bits per heavy atom. The number of pyridine rings is 1. The van der Waals surface area contributed by atoms with Crippen molar-refractivity contribution in [2.24, 2.45) is 0 Å². The summed E-state index contributed by atoms with van der Waals surface area (Å²) in [6.45, 7) is 1.52. The smallest absolute Gasteiger partial charge is 0.203 e. The van der Waals surface area contributed by atoms with E-state index in [1.807, 2.05) is 24.3 Å². The number of ether oxygens (including phenoxy) is 3. The van der Waals surface area contributed by atoms with Crippen LogP contribution >= 0.6 is 0 Å². The van der Waals surface area contributed by atoms with Crippen LogP contribution in [0.4, 0.5) is 5.82 Å². The molecule has 0 atom stereocenters. The number of benzene rings is 3. The summed E-state index contributed by atoms with van der Waals surface area (Å²) in [4.78, 5) is 4.51. The monoisotopic (exact) mass is 443 g/mol. The average molecular weight is 444 g/mol. The number of hydrogen-bond donors (Lipinski definition) is 2. The first kappa shape index (κ1) is 22.4. The number of methoxy groups -OCH3 is 3. The second-order valence-corrected chi connectivity index (χ2v) is 7.73. The molecule has 0 aliphatic rings. The van der Waals surface area contributed by atoms with E-state index in [-0.39, 0.29) is 0 Å². The van der Waals surface area contributed by atoms with E-state index in [2.05, 4.69) is 46.7 Å². The molecule has 4 aromatic rings. The largest absolute Gasteiger partial charge is 0.493 e. The molecule has 6 nitrogen and oxygen atoms in total. The zero-order valence-corrected chi connectivity index (χ0v) is 19.2. The van der Waals surface area contributed by atoms with E-state index < -0.39 is 0 Å². The number of nitrogen functional groups attached to an aromatic ring is 1. The molecule has 0 unspecified atom stereocenters. The highest BCUT2D eigenvalue weighted by Crippen LogP contribution is 2.38. The average Bonchev–Trinajstić information content (AvgIpc) is 2.85. The highest BCUT2D eigenvalue weighted by molar-refractivity contribution is 5.97. The number of aromatic nitrogens is 1. The van der Waals surface area contributed by atoms with Crippen LogP contribution in [0.2, 0.25) is 0 Å². The van der Waals surface area contributed by atoms with Gasteiger partial charge in [0.15, 0.2) is 11.5 Å². The molecule has 0 fully saturated rings. The molecular weight excluding hydrogens is 414 g/mol. The van der Waals surface area contributed by atoms with E-state index in [0.29, 0.717) is 29.6 Å². The minimum absolute atomic E-state index is 0.525. The number of fused-ring (bicyclic) bond motifs is 1. The molecule has 0 saturated heterocycles. The molecule has 4 rings (SSSR count). The van der Waals surface area contributed by atoms with E-state index >= 15 is 0 Å². The fourth-order valence-corrected chi connectivity index (χ4v) is 4.10. The number of hydrogen-bond acceptors (Lipinski definition) is 6. The minimum Gasteiger partial charge on any atom is -0.493 e. The molecule has 0 saturated carbocycles. The molecule has 3 N–H and O–H groups in total. The van der Waals surface area contributed by atoms with Crippen LogP contribution in [-0.4, -0.2) is 32.9 Å². The first-order chi connectivity index (χ1) is 16.1. The zero-order chi connectivity index (χ0) is 23.2. The Morgan fingerprint density at radius 1 is 0.818 bits per heavy atom. The van der Waals surface area contributed by atoms with E-state index in [1.165, 1.54) is 16.3 Å². The first-order valence-electron chi connectivity index (χ1n) is 10.9. The Kier molecular flexibility index (Phi) is 6.95. The summed E-state index contributed by atoms with van der Waals surface area (Å²) in [7, 11) is 4.86. The van der Waals surface area contributed by atoms with Crippen LogP contribution in [0.25, 0.3) is 22.0 Å². The van der Waals surface area contributed by atoms with Gasteiger partial charge in [0, 0.05) is 12.1 Å². The molecule has 6 heteroatoms. The Balaban J connectivity index is 1.49. The van der Waals surface area contributed by atoms with Gasteiger partial charge in [-0.3, -0.25) is 0 Å². The van der Waals surface area contributed by atoms with E-state index in [9.17, 15) is 0 Å². The third kappa shape index (κ3) is 4.86. The zero-order valence-electron chi connectivity index (χ0n) is 19.2. The van der Waals surface area contributed by atoms with Crippen molar-refractivity contribution >= 4 is 16.6 Å². The molecule has 3 aromatic carbocycles. The molecule has 0 spiro atoms. The van der Waals surface area contributed by atoms with Gasteiger partial charge in [-0.2, -0.15) is 0 Å². The van der Waals surface area contributed by atoms with Crippen molar-refractivity contribution in [1.29, 1.82) is 0 Å². The van der Waals surface area contributed by atoms with Gasteiger partial charge in [-0.15, -0.1) is 0 Å². The van der Waals surface area contributed by atoms with Gasteiger partial charge >= 0.3 is 0 Å². The summed E-state index contributed by atoms with van der Waals surface area (Å²) in [5.41, 5.74) is 10.2. The molecule has 0 radical (unpaired) electrons. The summed E-state index contributed by atoms with van der Waals surface area (Å²) < 4.78 is 16.3. The predicted octanol–water partition coefficient (Wildman–Crippen LogP) is 4.84. The summed E-state index contributed by atoms with van der Waals surface area (Å²) >= 11 is 0. The normalized spacial score (nSPS) is 10.9. The summed E-state index contributed by atoms with van der Waals surface area (Å²) in [5, 5.41) is 5.94. The van der Waals surface area contributed by atoms with Crippen LogP contribution in [0.3, 0.4) is 0 Å². The van der Waals surface area contributed by atoms with Crippen molar-refractivity contribution in [3.05, 3.63) is 77.9 Å². The number of nitrogens with one attached hydrogen (secondary N) is 1. The van der Waals surface area contributed by atoms with Gasteiger partial charge in [0.2, 0.25) is 5.75 Å². The molecule has 0 amide bonds. The van der Waals surface area contributed by atoms with Gasteiger partial charge in [-0.1, -0.05) is 42.5 Å². The second-order valence-electron chi connectivity index (χ2n) is 7.73. The lowest BCUT2D eigenvalue weighted by atomic mass is 9.96. The lowest BCUT2D eigenvalue weighted by Crippen LogP contribution is -2.17. The van der Waals surface area contributed by atoms with Crippen LogP contribution in [0, 0.1) is 0 Å². The van der Waals surface area contributed by atoms with Crippen molar-refractivity contribution in [3.8, 4) is 28.5 Å². The lowest BCUT2D eigenvalue weighted by Gasteiger charge is -2.15. The van der Waals surface area contributed by atoms with Crippen LogP contribution in [0.5, 0.6) is 17.2 Å². The highest BCUT2D eigenvalue weighted by atomic mass is 16.5. The van der Waals surface area contributed by atoms with E-state index in [0.717, 1.165) is 29.8 Å². The van der Waals surface area contributed by atoms with Crippen LogP contribution in [-0.2, 0) is 13.0 Å². The molecule has 0 bridgehead atoms. The fourth-order valence-electron chi connectivity index (χ4n) is 4.10. The van der Waals surface area contributed by atoms with E-state index in [1.54, 1.807) is 27.4 Å². The molecule has 1 heterocycles. The minimum atomic E-state index is 0.525. The topological polar surface area (TPSA) is 78.6 Å². The Labute approximate surface area is 194 Å². The maximum Gasteiger partial charge on any atom is 0.203 e. The Morgan fingerprint density at radius 2 is 1.55 bits per heavy atom. The maximum atomic E-state index is 5.91. The fraction of sp³-hybridized carbons (Fsp3) is 0.222. The Hall–Kier alpha value is -3.77. The molecule has 33 heavy (non-hydrogen) atoms. The SMILES string of the molecule is COc1cc(CNCCc2ccc(-c3cccc(N)n3)c3ccccc23)cc(OC)c1OC. The summed E-state index contributed by atoms with van der Waals surface area (Å²) in [6, 6.07) is 22.4. The van der Waals surface area contributed by atoms with Crippen molar-refractivity contribution in [3.63, 3.8) is 0 Å². The highest BCUT2D eigenvalue weighted by Gasteiger charge is 2.13. The van der Waals surface area contributed by atoms with Crippen LogP contribution in [0.15, 0.2) is 66.7 Å². The van der Waals surface area contributed by atoms with Gasteiger partial charge in [-0.05, 0) is 59.1 Å². The van der Waals surface area contributed by atoms with Gasteiger partial charge in [-0.25, -0.2) is 4.98 Å². The standard InChI is InChI=1S/C27H29N3O3/c1-31-24-15-18(16-25(32-2)27(24)33-3)17-29-14-13-19-11-12-22(21-8-5-4-7-20(19)21)23-9-6-10-26(28)30-23/h4-12,15-16,29H,13-14,17H2,1-3H3,(H2,28,30). The van der Waals surface area contributed by atoms with Crippen LogP contribution in [0.1, 0.15) is 11.1 Å². The number of rotatable bonds is 9. The molecule has 170 valence electrons. The Bertz CT molecular complexity index is 1230. The first-order valence-corrected chi connectivity index (χ1v) is 10.9. The number of nitrogens with two attached hydrogens (primary N) is 1.